The molecule has 0 aliphatic carbocycles. The molecule has 1 rings (SSSR count). The first kappa shape index (κ1) is 24.7. The number of hydrogen-bond acceptors (Lipinski definition) is 4. The molecule has 1 aromatic carbocycles. The molecular formula is C22H32N4O2. The number of carbonyl (C=O) groups excluding carboxylic acids is 1. The van der Waals surface area contributed by atoms with E-state index in [1.54, 1.807) is 49.5 Å². The van der Waals surface area contributed by atoms with Crippen LogP contribution in [0.3, 0.4) is 0 Å². The Balaban J connectivity index is 0.00000227. The first-order valence-corrected chi connectivity index (χ1v) is 9.13. The monoisotopic (exact) mass is 384 g/mol. The number of likely N-dealkylation sites (N-methyl/N-ethyl adjacent to an activating group) is 1. The number of primary amides is 1. The van der Waals surface area contributed by atoms with Gasteiger partial charge >= 0.3 is 0 Å². The van der Waals surface area contributed by atoms with E-state index in [9.17, 15) is 4.79 Å². The molecule has 0 fully saturated rings. The molecule has 0 aliphatic rings. The van der Waals surface area contributed by atoms with Gasteiger partial charge in [-0.3, -0.25) is 9.79 Å². The van der Waals surface area contributed by atoms with Crippen LogP contribution < -0.4 is 21.5 Å². The number of nitrogens with zero attached hydrogens (tertiary/aromatic N) is 1. The van der Waals surface area contributed by atoms with Crippen molar-refractivity contribution in [1.29, 1.82) is 0 Å². The van der Waals surface area contributed by atoms with Gasteiger partial charge in [0.05, 0.1) is 5.70 Å². The summed E-state index contributed by atoms with van der Waals surface area (Å²) in [6.07, 6.45) is 6.13. The molecule has 0 spiro atoms. The maximum absolute atomic E-state index is 11.8. The number of benzene rings is 1. The minimum Gasteiger partial charge on any atom is -0.457 e. The Morgan fingerprint density at radius 2 is 1.75 bits per heavy atom. The van der Waals surface area contributed by atoms with Crippen molar-refractivity contribution in [3.63, 3.8) is 0 Å². The van der Waals surface area contributed by atoms with E-state index >= 15 is 0 Å². The largest absolute Gasteiger partial charge is 0.457 e. The summed E-state index contributed by atoms with van der Waals surface area (Å²) in [5.41, 5.74) is 12.7. The topological polar surface area (TPSA) is 103 Å². The highest BCUT2D eigenvalue weighted by Crippen LogP contribution is 2.20. The number of amides is 1. The highest BCUT2D eigenvalue weighted by Gasteiger charge is 2.17. The van der Waals surface area contributed by atoms with Crippen LogP contribution in [0, 0.1) is 0 Å². The van der Waals surface area contributed by atoms with Gasteiger partial charge in [-0.1, -0.05) is 39.5 Å². The zero-order chi connectivity index (χ0) is 21.5. The molecule has 0 saturated carbocycles. The Labute approximate surface area is 168 Å². The zero-order valence-electron chi connectivity index (χ0n) is 17.3. The van der Waals surface area contributed by atoms with Crippen LogP contribution in [0.4, 0.5) is 0 Å². The molecule has 0 aliphatic heterocycles. The smallest absolute Gasteiger partial charge is 0.254 e. The second kappa shape index (κ2) is 13.9. The number of hydrogen-bond donors (Lipinski definition) is 3. The second-order valence-electron chi connectivity index (χ2n) is 5.60. The minimum atomic E-state index is -0.651. The Morgan fingerprint density at radius 1 is 1.18 bits per heavy atom. The molecule has 5 N–H and O–H groups in total. The van der Waals surface area contributed by atoms with Gasteiger partial charge in [0.15, 0.2) is 0 Å². The zero-order valence-corrected chi connectivity index (χ0v) is 17.3. The molecule has 0 atom stereocenters. The van der Waals surface area contributed by atoms with Gasteiger partial charge in [0.1, 0.15) is 22.9 Å². The number of aliphatic imine (C=N–C) groups is 1. The third-order valence-corrected chi connectivity index (χ3v) is 3.20. The number of nitrogens with two attached hydrogens (primary N) is 2. The molecule has 6 heteroatoms. The first-order valence-electron chi connectivity index (χ1n) is 9.13. The van der Waals surface area contributed by atoms with Gasteiger partial charge in [0, 0.05) is 13.6 Å². The van der Waals surface area contributed by atoms with Gasteiger partial charge in [-0.15, -0.1) is 0 Å². The molecule has 1 aromatic rings. The van der Waals surface area contributed by atoms with Crippen LogP contribution in [0.25, 0.3) is 5.70 Å². The summed E-state index contributed by atoms with van der Waals surface area (Å²) in [6, 6.07) is 6.94. The maximum atomic E-state index is 11.8. The van der Waals surface area contributed by atoms with Crippen LogP contribution in [0.5, 0.6) is 5.75 Å². The lowest BCUT2D eigenvalue weighted by atomic mass is 10.0. The number of rotatable bonds is 8. The summed E-state index contributed by atoms with van der Waals surface area (Å²) in [6.45, 7) is 14.0. The van der Waals surface area contributed by atoms with Gasteiger partial charge in [0.2, 0.25) is 0 Å². The second-order valence-corrected chi connectivity index (χ2v) is 5.60. The summed E-state index contributed by atoms with van der Waals surface area (Å²) < 4.78 is 5.64. The molecule has 0 aromatic heterocycles. The lowest BCUT2D eigenvalue weighted by molar-refractivity contribution is -0.114. The number of carbonyl (C=O) groups is 1. The van der Waals surface area contributed by atoms with Gasteiger partial charge in [-0.05, 0) is 48.9 Å². The fraction of sp³-hybridized carbons (Fsp3) is 0.273. The number of ether oxygens (including phenoxy) is 1. The van der Waals surface area contributed by atoms with Crippen molar-refractivity contribution in [2.45, 2.75) is 27.2 Å². The lowest BCUT2D eigenvalue weighted by Gasteiger charge is -2.13. The van der Waals surface area contributed by atoms with Crippen LogP contribution in [-0.4, -0.2) is 25.3 Å². The minimum absolute atomic E-state index is 0.149. The molecule has 6 nitrogen and oxygen atoms in total. The van der Waals surface area contributed by atoms with Crippen LogP contribution in [0.15, 0.2) is 72.0 Å². The van der Waals surface area contributed by atoms with Crippen LogP contribution in [0.2, 0.25) is 0 Å². The number of allylic oxidation sites excluding steroid dienone is 3. The van der Waals surface area contributed by atoms with E-state index < -0.39 is 5.91 Å². The summed E-state index contributed by atoms with van der Waals surface area (Å²) in [7, 11) is 1.56. The van der Waals surface area contributed by atoms with E-state index in [4.69, 9.17) is 16.2 Å². The molecule has 0 heterocycles. The van der Waals surface area contributed by atoms with Crippen LogP contribution in [0.1, 0.15) is 32.8 Å². The summed E-state index contributed by atoms with van der Waals surface area (Å²) >= 11 is 0. The van der Waals surface area contributed by atoms with Crippen molar-refractivity contribution in [2.24, 2.45) is 16.5 Å². The van der Waals surface area contributed by atoms with E-state index in [-0.39, 0.29) is 11.3 Å². The van der Waals surface area contributed by atoms with E-state index in [2.05, 4.69) is 37.3 Å². The van der Waals surface area contributed by atoms with E-state index in [1.807, 2.05) is 6.92 Å². The van der Waals surface area contributed by atoms with Gasteiger partial charge < -0.3 is 21.5 Å². The van der Waals surface area contributed by atoms with Crippen LogP contribution >= 0.6 is 0 Å². The summed E-state index contributed by atoms with van der Waals surface area (Å²) in [4.78, 5) is 15.9. The van der Waals surface area contributed by atoms with E-state index in [0.29, 0.717) is 29.5 Å². The fourth-order valence-corrected chi connectivity index (χ4v) is 2.07. The van der Waals surface area contributed by atoms with Crippen LogP contribution in [-0.2, 0) is 4.79 Å². The normalized spacial score (nSPS) is 12.1. The van der Waals surface area contributed by atoms with Crippen molar-refractivity contribution in [2.75, 3.05) is 13.6 Å². The Bertz CT molecular complexity index is 744. The molecule has 0 unspecified atom stereocenters. The van der Waals surface area contributed by atoms with E-state index in [1.165, 1.54) is 6.42 Å². The van der Waals surface area contributed by atoms with Gasteiger partial charge in [-0.2, -0.15) is 0 Å². The Hall–Kier alpha value is -3.28. The predicted octanol–water partition coefficient (Wildman–Crippen LogP) is 3.53. The maximum Gasteiger partial charge on any atom is 0.254 e. The van der Waals surface area contributed by atoms with Crippen molar-refractivity contribution < 1.29 is 9.53 Å². The number of nitrogens with one attached hydrogen (secondary N) is 1. The molecule has 28 heavy (non-hydrogen) atoms. The first-order chi connectivity index (χ1) is 13.4. The van der Waals surface area contributed by atoms with Gasteiger partial charge in [0.25, 0.3) is 5.91 Å². The standard InChI is InChI=1S/C19H24N4O2.C3H8/c1-5-8-14(6-2)25-15-11-9-13(10-12-15)17(20)16(18(21)24)19(22-4)23-7-3;1-3-2/h5-6,8-12H,1-2,7,20H2,3-4H3,(H2,21,24)(H,22,23);3H2,1-2H3/b14-8+,17-16-;. The highest BCUT2D eigenvalue weighted by atomic mass is 16.5. The quantitative estimate of drug-likeness (QED) is 0.210. The molecule has 0 saturated heterocycles. The molecular weight excluding hydrogens is 352 g/mol. The highest BCUT2D eigenvalue weighted by molar-refractivity contribution is 6.24. The predicted molar refractivity (Wildman–Crippen MR) is 119 cm³/mol. The summed E-state index contributed by atoms with van der Waals surface area (Å²) in [5.74, 6) is 0.871. The average Bonchev–Trinajstić information content (AvgIpc) is 2.68. The number of amidine groups is 1. The third kappa shape index (κ3) is 7.95. The molecule has 0 radical (unpaired) electrons. The average molecular weight is 385 g/mol. The molecule has 0 bridgehead atoms. The van der Waals surface area contributed by atoms with Crippen molar-refractivity contribution in [3.05, 3.63) is 72.5 Å². The molecule has 152 valence electrons. The Morgan fingerprint density at radius 3 is 2.14 bits per heavy atom. The SMILES string of the molecule is C=C/C=C(\C=C)Oc1ccc(/C(N)=C(\C(N)=O)C(=NC)NCC)cc1.CCC. The van der Waals surface area contributed by atoms with Gasteiger partial charge in [-0.25, -0.2) is 0 Å². The van der Waals surface area contributed by atoms with E-state index in [0.717, 1.165) is 0 Å². The van der Waals surface area contributed by atoms with Crippen molar-refractivity contribution in [3.8, 4) is 5.75 Å². The fourth-order valence-electron chi connectivity index (χ4n) is 2.07. The third-order valence-electron chi connectivity index (χ3n) is 3.20. The van der Waals surface area contributed by atoms with Crippen molar-refractivity contribution in [1.82, 2.24) is 5.32 Å². The molecule has 1 amide bonds. The lowest BCUT2D eigenvalue weighted by Crippen LogP contribution is -2.33. The Kier molecular flexibility index (Phi) is 12.2. The summed E-state index contributed by atoms with van der Waals surface area (Å²) in [5, 5.41) is 2.98. The van der Waals surface area contributed by atoms with Crippen molar-refractivity contribution >= 4 is 17.4 Å².